The highest BCUT2D eigenvalue weighted by Crippen LogP contribution is 2.44. The van der Waals surface area contributed by atoms with Gasteiger partial charge in [-0.3, -0.25) is 9.69 Å². The van der Waals surface area contributed by atoms with Crippen LogP contribution in [0.2, 0.25) is 0 Å². The van der Waals surface area contributed by atoms with E-state index in [1.54, 1.807) is 37.3 Å². The van der Waals surface area contributed by atoms with Crippen molar-refractivity contribution < 1.29 is 23.8 Å². The first-order chi connectivity index (χ1) is 17.1. The number of methoxy groups -OCH3 is 3. The number of anilines is 1. The lowest BCUT2D eigenvalue weighted by atomic mass is 9.85. The van der Waals surface area contributed by atoms with E-state index in [9.17, 15) is 9.59 Å². The summed E-state index contributed by atoms with van der Waals surface area (Å²) in [5.74, 6) is 0.541. The first kappa shape index (κ1) is 25.3. The molecule has 0 aliphatic carbocycles. The Bertz CT molecular complexity index is 1280. The molecule has 3 aromatic rings. The normalized spacial score (nSPS) is 16.9. The molecular formula is C30H33NO5. The number of nitrogens with zero attached hydrogens (tertiary/aromatic N) is 1. The van der Waals surface area contributed by atoms with Crippen LogP contribution < -0.4 is 14.4 Å². The van der Waals surface area contributed by atoms with Gasteiger partial charge in [0.05, 0.1) is 21.3 Å². The molecule has 0 saturated heterocycles. The Kier molecular flexibility index (Phi) is 6.81. The summed E-state index contributed by atoms with van der Waals surface area (Å²) < 4.78 is 16.4. The van der Waals surface area contributed by atoms with Crippen molar-refractivity contribution in [2.45, 2.75) is 44.6 Å². The molecule has 0 radical (unpaired) electrons. The number of amides is 1. The smallest absolute Gasteiger partial charge is 0.332 e. The summed E-state index contributed by atoms with van der Waals surface area (Å²) in [6.45, 7) is 6.29. The molecule has 0 aromatic heterocycles. The average Bonchev–Trinajstić information content (AvgIpc) is 3.20. The van der Waals surface area contributed by atoms with Crippen LogP contribution >= 0.6 is 0 Å². The maximum Gasteiger partial charge on any atom is 0.332 e. The summed E-state index contributed by atoms with van der Waals surface area (Å²) in [5.41, 5.74) is 2.47. The molecule has 0 bridgehead atoms. The highest BCUT2D eigenvalue weighted by molar-refractivity contribution is 6.13. The van der Waals surface area contributed by atoms with E-state index >= 15 is 0 Å². The van der Waals surface area contributed by atoms with Crippen LogP contribution in [0.15, 0.2) is 66.7 Å². The first-order valence-electron chi connectivity index (χ1n) is 12.0. The number of rotatable bonds is 6. The third kappa shape index (κ3) is 4.43. The van der Waals surface area contributed by atoms with Crippen molar-refractivity contribution in [3.05, 3.63) is 89.0 Å². The minimum absolute atomic E-state index is 0.160. The van der Waals surface area contributed by atoms with Crippen LogP contribution in [0.1, 0.15) is 47.8 Å². The highest BCUT2D eigenvalue weighted by atomic mass is 16.5. The van der Waals surface area contributed by atoms with Crippen LogP contribution in [-0.2, 0) is 27.8 Å². The Hall–Kier alpha value is -3.80. The van der Waals surface area contributed by atoms with Gasteiger partial charge in [-0.25, -0.2) is 4.79 Å². The van der Waals surface area contributed by atoms with Gasteiger partial charge >= 0.3 is 5.97 Å². The number of carbonyl (C=O) groups is 2. The second-order valence-corrected chi connectivity index (χ2v) is 10.2. The molecule has 0 fully saturated rings. The van der Waals surface area contributed by atoms with Gasteiger partial charge in [0.15, 0.2) is 5.54 Å². The molecule has 1 aliphatic rings. The van der Waals surface area contributed by atoms with Crippen molar-refractivity contribution in [1.82, 2.24) is 0 Å². The van der Waals surface area contributed by atoms with Gasteiger partial charge in [0, 0.05) is 24.1 Å². The zero-order chi connectivity index (χ0) is 26.1. The fraction of sp³-hybridized carbons (Fsp3) is 0.333. The summed E-state index contributed by atoms with van der Waals surface area (Å²) >= 11 is 0. The third-order valence-corrected chi connectivity index (χ3v) is 6.80. The number of hydrogen-bond donors (Lipinski definition) is 0. The second kappa shape index (κ2) is 9.69. The minimum Gasteiger partial charge on any atom is -0.497 e. The number of ether oxygens (including phenoxy) is 3. The minimum atomic E-state index is -1.25. The fourth-order valence-corrected chi connectivity index (χ4v) is 5.05. The Morgan fingerprint density at radius 3 is 2.25 bits per heavy atom. The number of fused-ring (bicyclic) bond motifs is 1. The van der Waals surface area contributed by atoms with E-state index in [1.165, 1.54) is 7.11 Å². The van der Waals surface area contributed by atoms with Crippen molar-refractivity contribution >= 4 is 17.6 Å². The predicted octanol–water partition coefficient (Wildman–Crippen LogP) is 5.36. The van der Waals surface area contributed by atoms with Crippen LogP contribution in [-0.4, -0.2) is 38.7 Å². The highest BCUT2D eigenvalue weighted by Gasteiger charge is 2.53. The zero-order valence-corrected chi connectivity index (χ0v) is 21.8. The molecule has 1 atom stereocenters. The van der Waals surface area contributed by atoms with E-state index in [0.717, 1.165) is 16.7 Å². The molecule has 3 aromatic carbocycles. The van der Waals surface area contributed by atoms with E-state index < -0.39 is 11.5 Å². The van der Waals surface area contributed by atoms with Gasteiger partial charge in [-0.1, -0.05) is 57.2 Å². The van der Waals surface area contributed by atoms with Crippen LogP contribution in [0, 0.1) is 0 Å². The third-order valence-electron chi connectivity index (χ3n) is 6.80. The largest absolute Gasteiger partial charge is 0.497 e. The van der Waals surface area contributed by atoms with Crippen molar-refractivity contribution in [2.24, 2.45) is 0 Å². The monoisotopic (exact) mass is 487 g/mol. The summed E-state index contributed by atoms with van der Waals surface area (Å²) in [6.07, 6.45) is 0.616. The van der Waals surface area contributed by atoms with Gasteiger partial charge in [0.25, 0.3) is 5.91 Å². The fourth-order valence-electron chi connectivity index (χ4n) is 5.05. The van der Waals surface area contributed by atoms with E-state index in [0.29, 0.717) is 35.6 Å². The van der Waals surface area contributed by atoms with Gasteiger partial charge < -0.3 is 14.2 Å². The molecule has 1 amide bonds. The summed E-state index contributed by atoms with van der Waals surface area (Å²) in [5, 5.41) is 0. The van der Waals surface area contributed by atoms with Gasteiger partial charge in [-0.2, -0.15) is 0 Å². The molecule has 6 heteroatoms. The number of hydrogen-bond acceptors (Lipinski definition) is 5. The Morgan fingerprint density at radius 1 is 0.917 bits per heavy atom. The topological polar surface area (TPSA) is 65.1 Å². The SMILES string of the molecule is COC(=O)C1(Cc2ccccc2)Cc2cc(OC)ccc2N1C(=O)c1ccc(C(C)(C)C)c(OC)c1. The maximum absolute atomic E-state index is 14.3. The molecule has 1 heterocycles. The van der Waals surface area contributed by atoms with Gasteiger partial charge in [-0.05, 0) is 52.4 Å². The molecule has 1 aliphatic heterocycles. The quantitative estimate of drug-likeness (QED) is 0.438. The van der Waals surface area contributed by atoms with Crippen LogP contribution in [0.5, 0.6) is 11.5 Å². The molecule has 36 heavy (non-hydrogen) atoms. The second-order valence-electron chi connectivity index (χ2n) is 10.2. The van der Waals surface area contributed by atoms with Crippen molar-refractivity contribution in [3.63, 3.8) is 0 Å². The van der Waals surface area contributed by atoms with Crippen molar-refractivity contribution in [2.75, 3.05) is 26.2 Å². The molecule has 6 nitrogen and oxygen atoms in total. The lowest BCUT2D eigenvalue weighted by Gasteiger charge is -2.36. The summed E-state index contributed by atoms with van der Waals surface area (Å²) in [7, 11) is 4.56. The van der Waals surface area contributed by atoms with Gasteiger partial charge in [0.2, 0.25) is 0 Å². The number of esters is 1. The Morgan fingerprint density at radius 2 is 1.64 bits per heavy atom. The number of carbonyl (C=O) groups excluding carboxylic acids is 2. The van der Waals surface area contributed by atoms with E-state index in [4.69, 9.17) is 14.2 Å². The van der Waals surface area contributed by atoms with E-state index in [1.807, 2.05) is 48.5 Å². The molecule has 1 unspecified atom stereocenters. The molecule has 4 rings (SSSR count). The summed E-state index contributed by atoms with van der Waals surface area (Å²) in [4.78, 5) is 29.4. The summed E-state index contributed by atoms with van der Waals surface area (Å²) in [6, 6.07) is 20.7. The molecule has 0 N–H and O–H groups in total. The van der Waals surface area contributed by atoms with Gasteiger partial charge in [0.1, 0.15) is 11.5 Å². The molecule has 0 spiro atoms. The molecular weight excluding hydrogens is 454 g/mol. The first-order valence-corrected chi connectivity index (χ1v) is 12.0. The van der Waals surface area contributed by atoms with Crippen molar-refractivity contribution in [3.8, 4) is 11.5 Å². The molecule has 188 valence electrons. The number of benzene rings is 3. The van der Waals surface area contributed by atoms with Crippen molar-refractivity contribution in [1.29, 1.82) is 0 Å². The van der Waals surface area contributed by atoms with E-state index in [-0.39, 0.29) is 11.3 Å². The predicted molar refractivity (Wildman–Crippen MR) is 140 cm³/mol. The Balaban J connectivity index is 1.89. The van der Waals surface area contributed by atoms with Gasteiger partial charge in [-0.15, -0.1) is 0 Å². The Labute approximate surface area is 212 Å². The maximum atomic E-state index is 14.3. The van der Waals surface area contributed by atoms with Crippen LogP contribution in [0.4, 0.5) is 5.69 Å². The van der Waals surface area contributed by atoms with Crippen LogP contribution in [0.3, 0.4) is 0 Å². The van der Waals surface area contributed by atoms with E-state index in [2.05, 4.69) is 20.8 Å². The van der Waals surface area contributed by atoms with Crippen LogP contribution in [0.25, 0.3) is 0 Å². The lowest BCUT2D eigenvalue weighted by Crippen LogP contribution is -2.58. The average molecular weight is 488 g/mol. The lowest BCUT2D eigenvalue weighted by molar-refractivity contribution is -0.146. The molecule has 0 saturated carbocycles. The zero-order valence-electron chi connectivity index (χ0n) is 21.8. The standard InChI is InChI=1S/C30H33NO5/c1-29(2,3)24-14-12-21(17-26(24)35-5)27(32)31-25-15-13-23(34-4)16-22(25)19-30(31,28(33)36-6)18-20-10-8-7-9-11-20/h7-17H,18-19H2,1-6H3.